The van der Waals surface area contributed by atoms with Crippen molar-refractivity contribution >= 4 is 23.2 Å². The van der Waals surface area contributed by atoms with Gasteiger partial charge >= 0.3 is 12.4 Å². The second kappa shape index (κ2) is 9.42. The fourth-order valence-corrected chi connectivity index (χ4v) is 3.45. The van der Waals surface area contributed by atoms with Gasteiger partial charge in [0.2, 0.25) is 11.5 Å². The van der Waals surface area contributed by atoms with E-state index in [4.69, 9.17) is 11.6 Å². The van der Waals surface area contributed by atoms with Gasteiger partial charge in [0.25, 0.3) is 0 Å². The third kappa shape index (κ3) is 6.32. The Morgan fingerprint density at radius 1 is 1.03 bits per heavy atom. The Labute approximate surface area is 190 Å². The number of anilines is 1. The van der Waals surface area contributed by atoms with Gasteiger partial charge in [-0.1, -0.05) is 29.8 Å². The van der Waals surface area contributed by atoms with Gasteiger partial charge in [-0.25, -0.2) is 0 Å². The Hall–Kier alpha value is -2.46. The normalized spacial score (nSPS) is 16.2. The summed E-state index contributed by atoms with van der Waals surface area (Å²) in [4.78, 5) is 11.8. The summed E-state index contributed by atoms with van der Waals surface area (Å²) < 4.78 is 79.9. The number of carbonyl (C=O) groups is 1. The second-order valence-electron chi connectivity index (χ2n) is 8.02. The molecule has 0 aliphatic heterocycles. The number of rotatable bonds is 8. The van der Waals surface area contributed by atoms with Crippen LogP contribution in [0.1, 0.15) is 36.0 Å². The molecule has 1 aliphatic rings. The van der Waals surface area contributed by atoms with Crippen LogP contribution < -0.4 is 10.6 Å². The van der Waals surface area contributed by atoms with Crippen molar-refractivity contribution in [2.24, 2.45) is 5.92 Å². The number of aliphatic hydroxyl groups is 1. The van der Waals surface area contributed by atoms with Crippen LogP contribution in [0, 0.1) is 5.92 Å². The molecule has 0 unspecified atom stereocenters. The largest absolute Gasteiger partial charge is 0.423 e. The molecule has 0 heterocycles. The molecule has 1 aliphatic carbocycles. The molecule has 180 valence electrons. The number of carbonyl (C=O) groups excluding carboxylic acids is 1. The van der Waals surface area contributed by atoms with Gasteiger partial charge in [-0.2, -0.15) is 26.3 Å². The standard InChI is InChI=1S/C22H21ClF6N2O2/c23-18-10-17(7-6-14(18)11-30-19(32)8-13-4-5-13)31-12-20(33,22(27,28)29)15-2-1-3-16(9-15)21(24,25)26/h1-3,6-7,9-10,13,31,33H,4-5,8,11-12H2,(H,30,32)/t20-/m0/s1. The lowest BCUT2D eigenvalue weighted by Gasteiger charge is -2.32. The Kier molecular flexibility index (Phi) is 7.18. The van der Waals surface area contributed by atoms with E-state index in [9.17, 15) is 36.2 Å². The van der Waals surface area contributed by atoms with Gasteiger partial charge in [0.05, 0.1) is 12.1 Å². The van der Waals surface area contributed by atoms with Gasteiger partial charge in [0.15, 0.2) is 0 Å². The highest BCUT2D eigenvalue weighted by molar-refractivity contribution is 6.31. The number of alkyl halides is 6. The minimum absolute atomic E-state index is 0.114. The van der Waals surface area contributed by atoms with Crippen molar-refractivity contribution in [3.63, 3.8) is 0 Å². The van der Waals surface area contributed by atoms with E-state index >= 15 is 0 Å². The molecule has 2 aromatic rings. The zero-order valence-corrected chi connectivity index (χ0v) is 17.9. The van der Waals surface area contributed by atoms with Gasteiger partial charge in [-0.05, 0) is 54.2 Å². The molecule has 0 aromatic heterocycles. The lowest BCUT2D eigenvalue weighted by Crippen LogP contribution is -2.48. The zero-order chi connectivity index (χ0) is 24.4. The van der Waals surface area contributed by atoms with Gasteiger partial charge < -0.3 is 15.7 Å². The third-order valence-corrected chi connectivity index (χ3v) is 5.74. The summed E-state index contributed by atoms with van der Waals surface area (Å²) in [6.07, 6.45) is -7.64. The van der Waals surface area contributed by atoms with E-state index in [2.05, 4.69) is 10.6 Å². The van der Waals surface area contributed by atoms with Crippen molar-refractivity contribution < 1.29 is 36.2 Å². The maximum atomic E-state index is 13.7. The summed E-state index contributed by atoms with van der Waals surface area (Å²) in [6, 6.07) is 6.69. The highest BCUT2D eigenvalue weighted by Crippen LogP contribution is 2.41. The van der Waals surface area contributed by atoms with Crippen LogP contribution in [0.2, 0.25) is 5.02 Å². The maximum Gasteiger partial charge on any atom is 0.423 e. The Morgan fingerprint density at radius 2 is 1.70 bits per heavy atom. The number of hydrogen-bond acceptors (Lipinski definition) is 3. The zero-order valence-electron chi connectivity index (χ0n) is 17.2. The van der Waals surface area contributed by atoms with E-state index in [1.54, 1.807) is 0 Å². The van der Waals surface area contributed by atoms with E-state index in [0.29, 0.717) is 24.0 Å². The minimum atomic E-state index is -5.26. The van der Waals surface area contributed by atoms with Crippen LogP contribution >= 0.6 is 11.6 Å². The van der Waals surface area contributed by atoms with Crippen molar-refractivity contribution in [1.82, 2.24) is 5.32 Å². The predicted molar refractivity (Wildman–Crippen MR) is 111 cm³/mol. The minimum Gasteiger partial charge on any atom is -0.381 e. The van der Waals surface area contributed by atoms with E-state index in [-0.39, 0.29) is 29.2 Å². The number of benzene rings is 2. The highest BCUT2D eigenvalue weighted by Gasteiger charge is 2.55. The van der Waals surface area contributed by atoms with Crippen LogP contribution in [0.15, 0.2) is 42.5 Å². The highest BCUT2D eigenvalue weighted by atomic mass is 35.5. The molecule has 0 radical (unpaired) electrons. The van der Waals surface area contributed by atoms with Crippen molar-refractivity contribution in [3.8, 4) is 0 Å². The number of hydrogen-bond donors (Lipinski definition) is 3. The van der Waals surface area contributed by atoms with Crippen molar-refractivity contribution in [2.45, 2.75) is 43.8 Å². The van der Waals surface area contributed by atoms with Crippen molar-refractivity contribution in [3.05, 3.63) is 64.2 Å². The molecule has 3 rings (SSSR count). The van der Waals surface area contributed by atoms with Crippen LogP contribution in [0.3, 0.4) is 0 Å². The summed E-state index contributed by atoms with van der Waals surface area (Å²) in [5.74, 6) is 0.295. The average Bonchev–Trinajstić information content (AvgIpc) is 3.54. The van der Waals surface area contributed by atoms with Crippen LogP contribution in [-0.4, -0.2) is 23.7 Å². The topological polar surface area (TPSA) is 61.4 Å². The molecule has 1 fully saturated rings. The third-order valence-electron chi connectivity index (χ3n) is 5.38. The van der Waals surface area contributed by atoms with Crippen LogP contribution in [0.25, 0.3) is 0 Å². The predicted octanol–water partition coefficient (Wildman–Crippen LogP) is 5.64. The fraction of sp³-hybridized carbons (Fsp3) is 0.409. The maximum absolute atomic E-state index is 13.7. The molecule has 3 N–H and O–H groups in total. The molecule has 4 nitrogen and oxygen atoms in total. The monoisotopic (exact) mass is 494 g/mol. The molecule has 0 saturated heterocycles. The lowest BCUT2D eigenvalue weighted by atomic mass is 9.91. The Bertz CT molecular complexity index is 1010. The number of amides is 1. The first-order valence-corrected chi connectivity index (χ1v) is 10.4. The Balaban J connectivity index is 1.72. The summed E-state index contributed by atoms with van der Waals surface area (Å²) in [6.45, 7) is -1.01. The van der Waals surface area contributed by atoms with E-state index in [1.807, 2.05) is 0 Å². The molecular weight excluding hydrogens is 474 g/mol. The van der Waals surface area contributed by atoms with Gasteiger partial charge in [0, 0.05) is 23.7 Å². The quantitative estimate of drug-likeness (QED) is 0.416. The molecule has 0 bridgehead atoms. The first kappa shape index (κ1) is 25.2. The average molecular weight is 495 g/mol. The van der Waals surface area contributed by atoms with E-state index in [1.165, 1.54) is 18.2 Å². The molecule has 1 atom stereocenters. The van der Waals surface area contributed by atoms with Gasteiger partial charge in [0.1, 0.15) is 0 Å². The molecule has 33 heavy (non-hydrogen) atoms. The molecule has 1 amide bonds. The van der Waals surface area contributed by atoms with Crippen LogP contribution in [0.5, 0.6) is 0 Å². The van der Waals surface area contributed by atoms with E-state index in [0.717, 1.165) is 25.0 Å². The first-order valence-electron chi connectivity index (χ1n) is 10.1. The smallest absolute Gasteiger partial charge is 0.381 e. The van der Waals surface area contributed by atoms with Gasteiger partial charge in [-0.15, -0.1) is 0 Å². The summed E-state index contributed by atoms with van der Waals surface area (Å²) in [5, 5.41) is 15.7. The second-order valence-corrected chi connectivity index (χ2v) is 8.43. The lowest BCUT2D eigenvalue weighted by molar-refractivity contribution is -0.260. The fourth-order valence-electron chi connectivity index (χ4n) is 3.20. The van der Waals surface area contributed by atoms with Gasteiger partial charge in [-0.3, -0.25) is 4.79 Å². The first-order chi connectivity index (χ1) is 15.3. The summed E-state index contributed by atoms with van der Waals surface area (Å²) in [7, 11) is 0. The SMILES string of the molecule is O=C(CC1CC1)NCc1ccc(NC[C@](O)(c2cccc(C(F)(F)F)c2)C(F)(F)F)cc1Cl. The van der Waals surface area contributed by atoms with Crippen LogP contribution in [0.4, 0.5) is 32.0 Å². The van der Waals surface area contributed by atoms with Crippen molar-refractivity contribution in [1.29, 1.82) is 0 Å². The summed E-state index contributed by atoms with van der Waals surface area (Å²) in [5.41, 5.74) is -5.19. The Morgan fingerprint density at radius 3 is 2.27 bits per heavy atom. The summed E-state index contributed by atoms with van der Waals surface area (Å²) >= 11 is 6.16. The molecule has 0 spiro atoms. The van der Waals surface area contributed by atoms with Crippen LogP contribution in [-0.2, 0) is 23.1 Å². The number of nitrogens with one attached hydrogen (secondary N) is 2. The number of halogens is 7. The molecular formula is C22H21ClF6N2O2. The molecule has 1 saturated carbocycles. The van der Waals surface area contributed by atoms with E-state index < -0.39 is 35.6 Å². The molecule has 2 aromatic carbocycles. The molecule has 11 heteroatoms. The van der Waals surface area contributed by atoms with Crippen molar-refractivity contribution in [2.75, 3.05) is 11.9 Å².